The monoisotopic (exact) mass is 657 g/mol. The number of amides is 2. The Morgan fingerprint density at radius 3 is 2.13 bits per heavy atom. The van der Waals surface area contributed by atoms with Crippen molar-refractivity contribution in [2.45, 2.75) is 26.2 Å². The van der Waals surface area contributed by atoms with E-state index in [2.05, 4.69) is 25.5 Å². The van der Waals surface area contributed by atoms with Crippen LogP contribution in [0.2, 0.25) is 5.02 Å². The van der Waals surface area contributed by atoms with Crippen LogP contribution in [0.15, 0.2) is 73.1 Å². The number of nitrogens with one attached hydrogen (secondary N) is 2. The average Bonchev–Trinajstić information content (AvgIpc) is 3.56. The number of likely N-dealkylation sites (tertiary alicyclic amines) is 1. The van der Waals surface area contributed by atoms with Crippen molar-refractivity contribution in [3.8, 4) is 11.1 Å². The fraction of sp³-hybridized carbons (Fsp3) is 0.286. The summed E-state index contributed by atoms with van der Waals surface area (Å²) in [6.45, 7) is 3.94. The fourth-order valence-corrected chi connectivity index (χ4v) is 5.84. The van der Waals surface area contributed by atoms with Crippen LogP contribution in [0, 0.1) is 12.8 Å². The van der Waals surface area contributed by atoms with Crippen LogP contribution in [-0.2, 0) is 25.5 Å². The molecule has 3 heterocycles. The number of pyridine rings is 2. The highest BCUT2D eigenvalue weighted by Crippen LogP contribution is 2.37. The summed E-state index contributed by atoms with van der Waals surface area (Å²) in [4.78, 5) is 48.8. The third-order valence-electron chi connectivity index (χ3n) is 8.11. The minimum absolute atomic E-state index is 0.115. The summed E-state index contributed by atoms with van der Waals surface area (Å²) >= 11 is 6.84. The van der Waals surface area contributed by atoms with Gasteiger partial charge in [-0.1, -0.05) is 48.0 Å². The van der Waals surface area contributed by atoms with Crippen LogP contribution in [0.1, 0.15) is 50.4 Å². The molecule has 12 heteroatoms. The first kappa shape index (κ1) is 33.7. The van der Waals surface area contributed by atoms with E-state index in [4.69, 9.17) is 25.8 Å². The molecule has 1 fully saturated rings. The van der Waals surface area contributed by atoms with Crippen LogP contribution in [0.5, 0.6) is 0 Å². The molecule has 1 aliphatic rings. The number of rotatable bonds is 11. The number of carbonyl (C=O) groups excluding carboxylic acids is 3. The van der Waals surface area contributed by atoms with Crippen LogP contribution in [0.3, 0.4) is 0 Å². The lowest BCUT2D eigenvalue weighted by atomic mass is 9.98. The number of methoxy groups -OCH3 is 3. The molecule has 2 aromatic heterocycles. The molecule has 1 saturated heterocycles. The Labute approximate surface area is 278 Å². The number of aromatic nitrogens is 2. The molecule has 0 bridgehead atoms. The first-order valence-corrected chi connectivity index (χ1v) is 15.4. The molecule has 244 valence electrons. The van der Waals surface area contributed by atoms with Crippen molar-refractivity contribution in [1.29, 1.82) is 0 Å². The zero-order chi connectivity index (χ0) is 33.5. The molecule has 0 unspecified atom stereocenters. The van der Waals surface area contributed by atoms with Crippen molar-refractivity contribution in [2.24, 2.45) is 5.92 Å². The Morgan fingerprint density at radius 1 is 0.872 bits per heavy atom. The lowest BCUT2D eigenvalue weighted by molar-refractivity contribution is -0.144. The number of hydrogen-bond acceptors (Lipinski definition) is 9. The molecular formula is C35H36ClN5O6. The molecule has 1 aliphatic heterocycles. The zero-order valence-electron chi connectivity index (χ0n) is 26.6. The molecule has 0 aliphatic carbocycles. The van der Waals surface area contributed by atoms with Gasteiger partial charge in [0.05, 0.1) is 23.7 Å². The van der Waals surface area contributed by atoms with Gasteiger partial charge in [-0.3, -0.25) is 29.3 Å². The van der Waals surface area contributed by atoms with Gasteiger partial charge in [-0.05, 0) is 60.8 Å². The Bertz CT molecular complexity index is 1740. The van der Waals surface area contributed by atoms with E-state index in [-0.39, 0.29) is 29.2 Å². The number of benzene rings is 2. The minimum Gasteiger partial charge on any atom is -0.469 e. The summed E-state index contributed by atoms with van der Waals surface area (Å²) in [6.07, 6.45) is 3.39. The van der Waals surface area contributed by atoms with E-state index in [0.29, 0.717) is 40.6 Å². The molecule has 0 saturated carbocycles. The van der Waals surface area contributed by atoms with Gasteiger partial charge in [-0.2, -0.15) is 0 Å². The first-order chi connectivity index (χ1) is 22.7. The highest BCUT2D eigenvalue weighted by molar-refractivity contribution is 6.36. The summed E-state index contributed by atoms with van der Waals surface area (Å²) < 4.78 is 15.3. The molecule has 47 heavy (non-hydrogen) atoms. The molecular weight excluding hydrogens is 622 g/mol. The van der Waals surface area contributed by atoms with Crippen molar-refractivity contribution in [1.82, 2.24) is 14.9 Å². The Hall–Kier alpha value is -4.68. The molecule has 0 spiro atoms. The SMILES string of the molecule is COC(=O)[C@@H]1CCN(Cc2ccc(C(=O)Nc3cccc(-c4cccc(NC(=O)c5ccc(C(OC)OC)cn5)c4C)c3Cl)nc2)C1. The highest BCUT2D eigenvalue weighted by Gasteiger charge is 2.29. The zero-order valence-corrected chi connectivity index (χ0v) is 27.3. The van der Waals surface area contributed by atoms with Gasteiger partial charge >= 0.3 is 5.97 Å². The summed E-state index contributed by atoms with van der Waals surface area (Å²) in [5.41, 5.74) is 5.38. The van der Waals surface area contributed by atoms with E-state index >= 15 is 0 Å². The van der Waals surface area contributed by atoms with Crippen molar-refractivity contribution in [3.05, 3.63) is 106 Å². The van der Waals surface area contributed by atoms with E-state index in [1.807, 2.05) is 31.2 Å². The Kier molecular flexibility index (Phi) is 10.9. The van der Waals surface area contributed by atoms with Crippen molar-refractivity contribution >= 4 is 40.8 Å². The van der Waals surface area contributed by atoms with Gasteiger partial charge in [0.2, 0.25) is 0 Å². The lowest BCUT2D eigenvalue weighted by Crippen LogP contribution is -2.23. The van der Waals surface area contributed by atoms with Crippen LogP contribution in [-0.4, -0.2) is 67.1 Å². The van der Waals surface area contributed by atoms with Crippen LogP contribution in [0.25, 0.3) is 11.1 Å². The van der Waals surface area contributed by atoms with Gasteiger partial charge in [-0.15, -0.1) is 0 Å². The van der Waals surface area contributed by atoms with Gasteiger partial charge < -0.3 is 24.8 Å². The van der Waals surface area contributed by atoms with E-state index in [0.717, 1.165) is 29.7 Å². The van der Waals surface area contributed by atoms with Crippen molar-refractivity contribution in [3.63, 3.8) is 0 Å². The second-order valence-corrected chi connectivity index (χ2v) is 11.5. The number of hydrogen-bond donors (Lipinski definition) is 2. The average molecular weight is 658 g/mol. The normalized spacial score (nSPS) is 14.6. The third kappa shape index (κ3) is 7.83. The smallest absolute Gasteiger partial charge is 0.310 e. The molecule has 2 amide bonds. The predicted octanol–water partition coefficient (Wildman–Crippen LogP) is 5.90. The summed E-state index contributed by atoms with van der Waals surface area (Å²) in [5.74, 6) is -1.08. The van der Waals surface area contributed by atoms with Crippen LogP contribution < -0.4 is 10.6 Å². The molecule has 11 nitrogen and oxygen atoms in total. The maximum absolute atomic E-state index is 13.1. The quantitative estimate of drug-likeness (QED) is 0.150. The molecule has 5 rings (SSSR count). The van der Waals surface area contributed by atoms with Crippen molar-refractivity contribution in [2.75, 3.05) is 45.1 Å². The van der Waals surface area contributed by atoms with Gasteiger partial charge in [0.25, 0.3) is 11.8 Å². The summed E-state index contributed by atoms with van der Waals surface area (Å²) in [6, 6.07) is 17.7. The number of anilines is 2. The minimum atomic E-state index is -0.574. The highest BCUT2D eigenvalue weighted by atomic mass is 35.5. The molecule has 1 atom stereocenters. The molecule has 4 aromatic rings. The van der Waals surface area contributed by atoms with E-state index in [9.17, 15) is 14.4 Å². The second kappa shape index (κ2) is 15.3. The number of nitrogens with zero attached hydrogens (tertiary/aromatic N) is 3. The summed E-state index contributed by atoms with van der Waals surface area (Å²) in [5, 5.41) is 6.15. The largest absolute Gasteiger partial charge is 0.469 e. The Morgan fingerprint density at radius 2 is 1.51 bits per heavy atom. The topological polar surface area (TPSA) is 132 Å². The van der Waals surface area contributed by atoms with Gasteiger partial charge in [0.1, 0.15) is 11.4 Å². The van der Waals surface area contributed by atoms with E-state index in [1.54, 1.807) is 42.6 Å². The van der Waals surface area contributed by atoms with Crippen LogP contribution >= 0.6 is 11.6 Å². The number of ether oxygens (including phenoxy) is 3. The van der Waals surface area contributed by atoms with E-state index in [1.165, 1.54) is 27.5 Å². The second-order valence-electron chi connectivity index (χ2n) is 11.1. The number of halogens is 1. The standard InChI is InChI=1S/C35H36ClN5O6/c1-21-25(7-5-9-27(21)39-32(42)30-14-12-23(18-38-30)35(46-3)47-4)26-8-6-10-28(31(26)36)40-33(43)29-13-11-22(17-37-29)19-41-16-15-24(20-41)34(44)45-2/h5-14,17-18,24,35H,15-16,19-20H2,1-4H3,(H,39,42)(H,40,43)/t24-/m1/s1. The first-order valence-electron chi connectivity index (χ1n) is 15.0. The number of carbonyl (C=O) groups is 3. The Balaban J connectivity index is 1.26. The predicted molar refractivity (Wildman–Crippen MR) is 178 cm³/mol. The molecule has 2 N–H and O–H groups in total. The van der Waals surface area contributed by atoms with E-state index < -0.39 is 12.2 Å². The van der Waals surface area contributed by atoms with Crippen molar-refractivity contribution < 1.29 is 28.6 Å². The third-order valence-corrected chi connectivity index (χ3v) is 8.52. The summed E-state index contributed by atoms with van der Waals surface area (Å²) in [7, 11) is 4.46. The van der Waals surface area contributed by atoms with Gasteiger partial charge in [-0.25, -0.2) is 0 Å². The lowest BCUT2D eigenvalue weighted by Gasteiger charge is -2.16. The number of esters is 1. The molecule has 2 aromatic carbocycles. The maximum atomic E-state index is 13.1. The van der Waals surface area contributed by atoms with Crippen LogP contribution in [0.4, 0.5) is 11.4 Å². The molecule has 0 radical (unpaired) electrons. The van der Waals surface area contributed by atoms with Gasteiger partial charge in [0.15, 0.2) is 6.29 Å². The maximum Gasteiger partial charge on any atom is 0.310 e. The fourth-order valence-electron chi connectivity index (χ4n) is 5.57. The van der Waals surface area contributed by atoms with Gasteiger partial charge in [0, 0.05) is 56.5 Å².